The van der Waals surface area contributed by atoms with E-state index >= 15 is 0 Å². The number of aromatic nitrogens is 4. The van der Waals surface area contributed by atoms with E-state index in [1.165, 1.54) is 0 Å². The minimum atomic E-state index is 0.600. The molecular weight excluding hydrogens is 338 g/mol. The molecule has 6 nitrogen and oxygen atoms in total. The molecule has 0 bridgehead atoms. The Morgan fingerprint density at radius 1 is 0.963 bits per heavy atom. The second-order valence-corrected chi connectivity index (χ2v) is 6.18. The number of anilines is 2. The minimum Gasteiger partial charge on any atom is -0.493 e. The lowest BCUT2D eigenvalue weighted by Gasteiger charge is -2.09. The van der Waals surface area contributed by atoms with E-state index < -0.39 is 0 Å². The third kappa shape index (κ3) is 2.54. The van der Waals surface area contributed by atoms with Crippen molar-refractivity contribution in [2.24, 2.45) is 0 Å². The van der Waals surface area contributed by atoms with Gasteiger partial charge in [-0.2, -0.15) is 0 Å². The largest absolute Gasteiger partial charge is 0.493 e. The minimum absolute atomic E-state index is 0.600. The van der Waals surface area contributed by atoms with Gasteiger partial charge >= 0.3 is 0 Å². The van der Waals surface area contributed by atoms with E-state index in [0.29, 0.717) is 6.61 Å². The first-order valence-corrected chi connectivity index (χ1v) is 8.84. The van der Waals surface area contributed by atoms with Crippen molar-refractivity contribution in [2.75, 3.05) is 11.9 Å². The van der Waals surface area contributed by atoms with E-state index in [1.54, 1.807) is 18.6 Å². The van der Waals surface area contributed by atoms with Crippen LogP contribution in [0.5, 0.6) is 5.75 Å². The second kappa shape index (κ2) is 6.25. The van der Waals surface area contributed by atoms with Crippen molar-refractivity contribution in [1.29, 1.82) is 0 Å². The van der Waals surface area contributed by atoms with Crippen LogP contribution in [-0.2, 0) is 0 Å². The van der Waals surface area contributed by atoms with Crippen molar-refractivity contribution < 1.29 is 4.74 Å². The van der Waals surface area contributed by atoms with Gasteiger partial charge in [0, 0.05) is 23.5 Å². The normalized spacial score (nSPS) is 11.6. The molecule has 0 unspecified atom stereocenters. The van der Waals surface area contributed by atoms with Crippen molar-refractivity contribution in [3.05, 3.63) is 61.1 Å². The van der Waals surface area contributed by atoms with Gasteiger partial charge in [0.2, 0.25) is 0 Å². The van der Waals surface area contributed by atoms with Gasteiger partial charge in [-0.15, -0.1) is 0 Å². The highest BCUT2D eigenvalue weighted by atomic mass is 16.5. The summed E-state index contributed by atoms with van der Waals surface area (Å²) in [7, 11) is 0. The van der Waals surface area contributed by atoms with Gasteiger partial charge in [0.1, 0.15) is 23.1 Å². The predicted octanol–water partition coefficient (Wildman–Crippen LogP) is 4.66. The molecule has 132 valence electrons. The smallest absolute Gasteiger partial charge is 0.142 e. The molecule has 0 fully saturated rings. The zero-order chi connectivity index (χ0) is 18.2. The summed E-state index contributed by atoms with van der Waals surface area (Å²) in [6.07, 6.45) is 5.35. The summed E-state index contributed by atoms with van der Waals surface area (Å²) in [5.74, 6) is 2.34. The van der Waals surface area contributed by atoms with E-state index in [1.807, 2.05) is 49.4 Å². The van der Waals surface area contributed by atoms with Crippen LogP contribution in [0.1, 0.15) is 6.92 Å². The fourth-order valence-electron chi connectivity index (χ4n) is 3.37. The van der Waals surface area contributed by atoms with Gasteiger partial charge in [-0.3, -0.25) is 4.98 Å². The Morgan fingerprint density at radius 3 is 2.78 bits per heavy atom. The molecule has 1 aliphatic rings. The third-order valence-corrected chi connectivity index (χ3v) is 4.55. The standard InChI is InChI=1S/C21H17N5O/c1-2-27-17-8-4-3-6-14(17)21-25-18-13-9-11-22-12-16(13)24-20-15(19(18)26-21)7-5-10-23-20/h3-12H,2H2,1H3,(H,23,24)(H,25,26). The number of fused-ring (bicyclic) bond motifs is 5. The second-order valence-electron chi connectivity index (χ2n) is 6.18. The molecule has 0 aliphatic carbocycles. The van der Waals surface area contributed by atoms with Gasteiger partial charge in [-0.1, -0.05) is 12.1 Å². The quantitative estimate of drug-likeness (QED) is 0.492. The lowest BCUT2D eigenvalue weighted by atomic mass is 10.1. The number of aromatic amines is 1. The molecule has 0 saturated heterocycles. The molecule has 3 aromatic heterocycles. The number of rotatable bonds is 3. The van der Waals surface area contributed by atoms with Crippen LogP contribution in [0, 0.1) is 0 Å². The first-order chi connectivity index (χ1) is 13.3. The van der Waals surface area contributed by atoms with Crippen LogP contribution in [0.2, 0.25) is 0 Å². The highest BCUT2D eigenvalue weighted by Gasteiger charge is 2.24. The summed E-state index contributed by atoms with van der Waals surface area (Å²) in [6.45, 7) is 2.58. The Bertz CT molecular complexity index is 1070. The number of hydrogen-bond donors (Lipinski definition) is 2. The maximum Gasteiger partial charge on any atom is 0.142 e. The van der Waals surface area contributed by atoms with Crippen LogP contribution in [0.25, 0.3) is 33.9 Å². The van der Waals surface area contributed by atoms with Crippen molar-refractivity contribution in [3.8, 4) is 39.7 Å². The molecule has 4 aromatic rings. The predicted molar refractivity (Wildman–Crippen MR) is 105 cm³/mol. The number of nitrogens with one attached hydrogen (secondary N) is 2. The first-order valence-electron chi connectivity index (χ1n) is 8.84. The summed E-state index contributed by atoms with van der Waals surface area (Å²) in [5, 5.41) is 3.37. The average molecular weight is 355 g/mol. The Labute approximate surface area is 156 Å². The van der Waals surface area contributed by atoms with Crippen molar-refractivity contribution in [2.45, 2.75) is 6.92 Å². The molecule has 27 heavy (non-hydrogen) atoms. The van der Waals surface area contributed by atoms with E-state index in [9.17, 15) is 0 Å². The molecule has 6 heteroatoms. The Kier molecular flexibility index (Phi) is 3.60. The number of hydrogen-bond acceptors (Lipinski definition) is 5. The number of imidazole rings is 1. The molecule has 0 spiro atoms. The van der Waals surface area contributed by atoms with Crippen LogP contribution in [0.3, 0.4) is 0 Å². The SMILES string of the molecule is CCOc1ccccc1-c1nc2c([nH]1)-c1ccncc1Nc1ncccc1-2. The molecule has 1 aliphatic heterocycles. The molecular formula is C21H17N5O. The monoisotopic (exact) mass is 355 g/mol. The van der Waals surface area contributed by atoms with E-state index in [4.69, 9.17) is 9.72 Å². The first kappa shape index (κ1) is 15.6. The lowest BCUT2D eigenvalue weighted by molar-refractivity contribution is 0.341. The Balaban J connectivity index is 1.77. The molecule has 0 saturated carbocycles. The maximum absolute atomic E-state index is 5.79. The summed E-state index contributed by atoms with van der Waals surface area (Å²) < 4.78 is 5.79. The van der Waals surface area contributed by atoms with E-state index in [-0.39, 0.29) is 0 Å². The number of H-pyrrole nitrogens is 1. The molecule has 0 atom stereocenters. The van der Waals surface area contributed by atoms with Gasteiger partial charge in [0.05, 0.1) is 29.7 Å². The maximum atomic E-state index is 5.79. The van der Waals surface area contributed by atoms with Gasteiger partial charge in [0.25, 0.3) is 0 Å². The lowest BCUT2D eigenvalue weighted by Crippen LogP contribution is -1.96. The number of nitrogens with zero attached hydrogens (tertiary/aromatic N) is 3. The van der Waals surface area contributed by atoms with Crippen molar-refractivity contribution in [1.82, 2.24) is 19.9 Å². The summed E-state index contributed by atoms with van der Waals surface area (Å²) in [4.78, 5) is 17.2. The average Bonchev–Trinajstić information content (AvgIpc) is 3.09. The van der Waals surface area contributed by atoms with Gasteiger partial charge < -0.3 is 15.0 Å². The zero-order valence-corrected chi connectivity index (χ0v) is 14.7. The number of ether oxygens (including phenoxy) is 1. The van der Waals surface area contributed by atoms with Crippen LogP contribution in [0.15, 0.2) is 61.1 Å². The topological polar surface area (TPSA) is 75.7 Å². The van der Waals surface area contributed by atoms with Crippen LogP contribution in [-0.4, -0.2) is 26.5 Å². The summed E-state index contributed by atoms with van der Waals surface area (Å²) in [6, 6.07) is 13.8. The van der Waals surface area contributed by atoms with Crippen LogP contribution in [0.4, 0.5) is 11.5 Å². The third-order valence-electron chi connectivity index (χ3n) is 4.55. The van der Waals surface area contributed by atoms with Crippen LogP contribution >= 0.6 is 0 Å². The molecule has 4 heterocycles. The summed E-state index contributed by atoms with van der Waals surface area (Å²) in [5.41, 5.74) is 5.57. The number of pyridine rings is 2. The van der Waals surface area contributed by atoms with E-state index in [2.05, 4.69) is 20.3 Å². The van der Waals surface area contributed by atoms with Gasteiger partial charge in [-0.05, 0) is 37.3 Å². The highest BCUT2D eigenvalue weighted by Crippen LogP contribution is 2.43. The molecule has 1 aromatic carbocycles. The highest BCUT2D eigenvalue weighted by molar-refractivity contribution is 5.95. The molecule has 0 amide bonds. The van der Waals surface area contributed by atoms with Crippen molar-refractivity contribution >= 4 is 11.5 Å². The summed E-state index contributed by atoms with van der Waals surface area (Å²) >= 11 is 0. The Morgan fingerprint density at radius 2 is 1.85 bits per heavy atom. The number of benzene rings is 1. The molecule has 5 rings (SSSR count). The number of para-hydroxylation sites is 1. The molecule has 0 radical (unpaired) electrons. The van der Waals surface area contributed by atoms with Crippen LogP contribution < -0.4 is 10.1 Å². The zero-order valence-electron chi connectivity index (χ0n) is 14.7. The fraction of sp³-hybridized carbons (Fsp3) is 0.0952. The Hall–Kier alpha value is -3.67. The van der Waals surface area contributed by atoms with Gasteiger partial charge in [0.15, 0.2) is 0 Å². The van der Waals surface area contributed by atoms with Gasteiger partial charge in [-0.25, -0.2) is 9.97 Å². The van der Waals surface area contributed by atoms with Crippen molar-refractivity contribution in [3.63, 3.8) is 0 Å². The van der Waals surface area contributed by atoms with E-state index in [0.717, 1.165) is 51.2 Å². The fourth-order valence-corrected chi connectivity index (χ4v) is 3.37. The molecule has 2 N–H and O–H groups in total.